The summed E-state index contributed by atoms with van der Waals surface area (Å²) in [5, 5.41) is 3.55. The number of fused-ring (bicyclic) bond motifs is 5. The van der Waals surface area contributed by atoms with Crippen LogP contribution in [-0.4, -0.2) is 27.5 Å². The van der Waals surface area contributed by atoms with Gasteiger partial charge in [-0.05, 0) is 82.6 Å². The van der Waals surface area contributed by atoms with Crippen LogP contribution in [0.2, 0.25) is 0 Å². The number of benzene rings is 3. The number of hydrogen-bond acceptors (Lipinski definition) is 2. The van der Waals surface area contributed by atoms with Crippen LogP contribution in [0.1, 0.15) is 34.6 Å². The third-order valence-electron chi connectivity index (χ3n) is 8.06. The van der Waals surface area contributed by atoms with Gasteiger partial charge in [-0.25, -0.2) is 0 Å². The van der Waals surface area contributed by atoms with Gasteiger partial charge in [0.2, 0.25) is 0 Å². The van der Waals surface area contributed by atoms with E-state index in [0.29, 0.717) is 0 Å². The molecule has 0 amide bonds. The Kier molecular flexibility index (Phi) is 5.75. The van der Waals surface area contributed by atoms with Crippen LogP contribution in [0, 0.1) is 0 Å². The lowest BCUT2D eigenvalue weighted by Gasteiger charge is -2.32. The maximum atomic E-state index is 6.40. The highest BCUT2D eigenvalue weighted by atomic mass is 16.7. The van der Waals surface area contributed by atoms with E-state index in [2.05, 4.69) is 128 Å². The van der Waals surface area contributed by atoms with Crippen molar-refractivity contribution in [2.45, 2.75) is 45.8 Å². The van der Waals surface area contributed by atoms with Crippen LogP contribution >= 0.6 is 0 Å². The fourth-order valence-electron chi connectivity index (χ4n) is 5.45. The predicted octanol–water partition coefficient (Wildman–Crippen LogP) is 7.64. The van der Waals surface area contributed by atoms with Gasteiger partial charge in [-0.3, -0.25) is 0 Å². The monoisotopic (exact) mass is 500 g/mol. The van der Waals surface area contributed by atoms with Crippen LogP contribution in [-0.2, 0) is 9.31 Å². The van der Waals surface area contributed by atoms with Crippen LogP contribution in [0.5, 0.6) is 0 Å². The highest BCUT2D eigenvalue weighted by Gasteiger charge is 2.51. The highest BCUT2D eigenvalue weighted by molar-refractivity contribution is 6.62. The maximum absolute atomic E-state index is 6.40. The highest BCUT2D eigenvalue weighted by Crippen LogP contribution is 2.39. The molecule has 0 saturated carbocycles. The number of nitrogens with zero attached hydrogens (tertiary/aromatic N) is 2. The number of para-hydroxylation sites is 1. The minimum absolute atomic E-state index is 0.390. The molecule has 0 N–H and O–H groups in total. The first-order valence-electron chi connectivity index (χ1n) is 13.2. The molecule has 6 rings (SSSR count). The second-order valence-corrected chi connectivity index (χ2v) is 10.9. The van der Waals surface area contributed by atoms with Crippen molar-refractivity contribution in [3.8, 4) is 5.69 Å². The summed E-state index contributed by atoms with van der Waals surface area (Å²) < 4.78 is 17.4. The van der Waals surface area contributed by atoms with Crippen molar-refractivity contribution in [1.82, 2.24) is 9.13 Å². The lowest BCUT2D eigenvalue weighted by Crippen LogP contribution is -2.41. The second-order valence-electron chi connectivity index (χ2n) is 10.9. The Morgan fingerprint density at radius 2 is 1.55 bits per heavy atom. The van der Waals surface area contributed by atoms with Crippen molar-refractivity contribution < 1.29 is 9.31 Å². The number of hydrogen-bond donors (Lipinski definition) is 0. The zero-order valence-corrected chi connectivity index (χ0v) is 22.7. The third-order valence-corrected chi connectivity index (χ3v) is 8.06. The molecule has 1 saturated heterocycles. The smallest absolute Gasteiger partial charge is 0.399 e. The maximum Gasteiger partial charge on any atom is 0.494 e. The van der Waals surface area contributed by atoms with Crippen LogP contribution in [0.15, 0.2) is 104 Å². The SMILES string of the molecule is C=C/C=C(\C=C/C)n1c2ccc(B3OC(C)(C)C(C)(C)O3)cc2c2ccc3c(ccn3-c3ccccc3)c21. The lowest BCUT2D eigenvalue weighted by molar-refractivity contribution is 0.00578. The summed E-state index contributed by atoms with van der Waals surface area (Å²) in [7, 11) is -0.413. The molecule has 5 aromatic rings. The molecule has 1 aliphatic heterocycles. The van der Waals surface area contributed by atoms with Crippen molar-refractivity contribution in [2.24, 2.45) is 0 Å². The molecule has 5 heteroatoms. The predicted molar refractivity (Wildman–Crippen MR) is 161 cm³/mol. The topological polar surface area (TPSA) is 28.3 Å². The summed E-state index contributed by atoms with van der Waals surface area (Å²) in [5.74, 6) is 0. The van der Waals surface area contributed by atoms with Gasteiger partial charge in [0.15, 0.2) is 0 Å². The molecule has 38 heavy (non-hydrogen) atoms. The summed E-state index contributed by atoms with van der Waals surface area (Å²) in [6.45, 7) is 14.4. The van der Waals surface area contributed by atoms with Crippen LogP contribution in [0.3, 0.4) is 0 Å². The molecule has 1 fully saturated rings. The van der Waals surface area contributed by atoms with Crippen molar-refractivity contribution in [1.29, 1.82) is 0 Å². The van der Waals surface area contributed by atoms with Gasteiger partial charge in [0.05, 0.1) is 27.8 Å². The first kappa shape index (κ1) is 24.5. The quantitative estimate of drug-likeness (QED) is 0.183. The summed E-state index contributed by atoms with van der Waals surface area (Å²) in [6, 6.07) is 23.7. The Labute approximate surface area is 224 Å². The number of rotatable bonds is 5. The Morgan fingerprint density at radius 1 is 0.842 bits per heavy atom. The summed E-state index contributed by atoms with van der Waals surface area (Å²) in [6.07, 6.45) is 10.3. The average Bonchev–Trinajstić information content (AvgIpc) is 3.53. The van der Waals surface area contributed by atoms with Gasteiger partial charge in [-0.15, -0.1) is 0 Å². The van der Waals surface area contributed by atoms with Gasteiger partial charge >= 0.3 is 7.12 Å². The Balaban J connectivity index is 1.64. The minimum Gasteiger partial charge on any atom is -0.399 e. The molecule has 0 aliphatic carbocycles. The molecule has 3 aromatic carbocycles. The van der Waals surface area contributed by atoms with E-state index in [1.54, 1.807) is 0 Å². The largest absolute Gasteiger partial charge is 0.494 e. The van der Waals surface area contributed by atoms with Gasteiger partial charge in [0, 0.05) is 33.7 Å². The van der Waals surface area contributed by atoms with Crippen LogP contribution in [0.4, 0.5) is 0 Å². The van der Waals surface area contributed by atoms with Crippen molar-refractivity contribution in [3.63, 3.8) is 0 Å². The van der Waals surface area contributed by atoms with Crippen molar-refractivity contribution in [3.05, 3.63) is 104 Å². The van der Waals surface area contributed by atoms with E-state index in [9.17, 15) is 0 Å². The van der Waals surface area contributed by atoms with Crippen LogP contribution < -0.4 is 5.46 Å². The average molecular weight is 500 g/mol. The van der Waals surface area contributed by atoms with E-state index in [1.165, 1.54) is 21.7 Å². The van der Waals surface area contributed by atoms with Crippen molar-refractivity contribution >= 4 is 51.0 Å². The Morgan fingerprint density at radius 3 is 2.24 bits per heavy atom. The Bertz CT molecular complexity index is 1740. The molecule has 1 aliphatic rings. The first-order chi connectivity index (χ1) is 18.3. The van der Waals surface area contributed by atoms with Gasteiger partial charge in [0.1, 0.15) is 0 Å². The molecule has 2 aromatic heterocycles. The van der Waals surface area contributed by atoms with E-state index in [-0.39, 0.29) is 11.2 Å². The standard InChI is InChI=1S/C33H33BN2O2/c1-7-12-25(13-8-2)36-30-18-16-23(34-37-32(3,4)33(5,6)38-34)22-28(30)26-17-19-29-27(31(26)36)20-21-35(29)24-14-10-9-11-15-24/h7-22H,1H2,2-6H3/b13-8-,25-12+. The fourth-order valence-corrected chi connectivity index (χ4v) is 5.45. The molecule has 0 atom stereocenters. The van der Waals surface area contributed by atoms with Crippen LogP contribution in [0.25, 0.3) is 44.1 Å². The number of aromatic nitrogens is 2. The van der Waals surface area contributed by atoms with E-state index >= 15 is 0 Å². The number of allylic oxidation sites excluding steroid dienone is 5. The molecule has 0 unspecified atom stereocenters. The zero-order valence-electron chi connectivity index (χ0n) is 22.7. The molecule has 0 bridgehead atoms. The third kappa shape index (κ3) is 3.69. The molecular weight excluding hydrogens is 467 g/mol. The Hall–Kier alpha value is -3.80. The lowest BCUT2D eigenvalue weighted by atomic mass is 9.78. The summed E-state index contributed by atoms with van der Waals surface area (Å²) in [4.78, 5) is 0. The molecule has 4 nitrogen and oxygen atoms in total. The fraction of sp³-hybridized carbons (Fsp3) is 0.212. The van der Waals surface area contributed by atoms with E-state index < -0.39 is 7.12 Å². The van der Waals surface area contributed by atoms with Gasteiger partial charge in [-0.1, -0.05) is 55.1 Å². The van der Waals surface area contributed by atoms with Gasteiger partial charge in [-0.2, -0.15) is 0 Å². The molecule has 0 spiro atoms. The summed E-state index contributed by atoms with van der Waals surface area (Å²) >= 11 is 0. The van der Waals surface area contributed by atoms with Gasteiger partial charge < -0.3 is 18.4 Å². The molecular formula is C33H33BN2O2. The molecule has 3 heterocycles. The molecule has 0 radical (unpaired) electrons. The zero-order chi connectivity index (χ0) is 26.7. The second kappa shape index (κ2) is 8.90. The van der Waals surface area contributed by atoms with E-state index in [0.717, 1.165) is 27.9 Å². The molecule has 190 valence electrons. The first-order valence-corrected chi connectivity index (χ1v) is 13.2. The van der Waals surface area contributed by atoms with Crippen molar-refractivity contribution in [2.75, 3.05) is 0 Å². The minimum atomic E-state index is -0.413. The van der Waals surface area contributed by atoms with Gasteiger partial charge in [0.25, 0.3) is 0 Å². The van der Waals surface area contributed by atoms with E-state index in [4.69, 9.17) is 9.31 Å². The van der Waals surface area contributed by atoms with E-state index in [1.807, 2.05) is 19.1 Å². The summed E-state index contributed by atoms with van der Waals surface area (Å²) in [5.41, 5.74) is 5.91. The normalized spacial score (nSPS) is 17.4.